The minimum Gasteiger partial charge on any atom is -0.452 e. The zero-order valence-electron chi connectivity index (χ0n) is 16.5. The van der Waals surface area contributed by atoms with Gasteiger partial charge in [-0.3, -0.25) is 14.4 Å². The number of thioether (sulfide) groups is 1. The van der Waals surface area contributed by atoms with Gasteiger partial charge in [0.15, 0.2) is 6.10 Å². The molecule has 1 aliphatic rings. The Labute approximate surface area is 173 Å². The Morgan fingerprint density at radius 3 is 2.83 bits per heavy atom. The van der Waals surface area contributed by atoms with Crippen LogP contribution >= 0.6 is 11.8 Å². The number of esters is 1. The SMILES string of the molecule is CC[C@H](C)n1nccc1NC(=O)[C@@H](C)OC(=O)C[C@H]1Sc2ccccc2NC1=O. The maximum atomic E-state index is 12.4. The number of para-hydroxylation sites is 1. The van der Waals surface area contributed by atoms with E-state index in [9.17, 15) is 14.4 Å². The number of ether oxygens (including phenoxy) is 1. The van der Waals surface area contributed by atoms with Crippen molar-refractivity contribution in [1.29, 1.82) is 0 Å². The minimum atomic E-state index is -0.994. The number of rotatable bonds is 7. The molecule has 9 heteroatoms. The lowest BCUT2D eigenvalue weighted by Gasteiger charge is -2.23. The van der Waals surface area contributed by atoms with Gasteiger partial charge >= 0.3 is 5.97 Å². The number of aromatic nitrogens is 2. The van der Waals surface area contributed by atoms with Crippen LogP contribution in [0.25, 0.3) is 0 Å². The molecule has 2 amide bonds. The van der Waals surface area contributed by atoms with E-state index >= 15 is 0 Å². The van der Waals surface area contributed by atoms with Gasteiger partial charge in [-0.05, 0) is 32.4 Å². The summed E-state index contributed by atoms with van der Waals surface area (Å²) in [6, 6.07) is 9.22. The van der Waals surface area contributed by atoms with Crippen LogP contribution in [0.15, 0.2) is 41.4 Å². The Balaban J connectivity index is 1.55. The zero-order valence-corrected chi connectivity index (χ0v) is 17.4. The Bertz CT molecular complexity index is 913. The molecule has 154 valence electrons. The number of benzene rings is 1. The van der Waals surface area contributed by atoms with Gasteiger partial charge in [0.05, 0.1) is 29.6 Å². The molecule has 1 aromatic heterocycles. The highest BCUT2D eigenvalue weighted by Gasteiger charge is 2.30. The van der Waals surface area contributed by atoms with Gasteiger partial charge in [-0.15, -0.1) is 11.8 Å². The van der Waals surface area contributed by atoms with Crippen molar-refractivity contribution < 1.29 is 19.1 Å². The smallest absolute Gasteiger partial charge is 0.308 e. The van der Waals surface area contributed by atoms with Crippen molar-refractivity contribution in [3.8, 4) is 0 Å². The first-order valence-corrected chi connectivity index (χ1v) is 10.4. The molecule has 3 rings (SSSR count). The summed E-state index contributed by atoms with van der Waals surface area (Å²) in [5.74, 6) is -0.754. The normalized spacial score (nSPS) is 17.6. The molecule has 0 radical (unpaired) electrons. The Hall–Kier alpha value is -2.81. The third-order valence-corrected chi connectivity index (χ3v) is 5.94. The molecule has 2 aromatic rings. The van der Waals surface area contributed by atoms with E-state index in [1.54, 1.807) is 16.9 Å². The number of hydrogen-bond acceptors (Lipinski definition) is 6. The number of anilines is 2. The number of nitrogens with zero attached hydrogens (tertiary/aromatic N) is 2. The van der Waals surface area contributed by atoms with Gasteiger partial charge in [0.1, 0.15) is 5.82 Å². The molecule has 0 saturated carbocycles. The van der Waals surface area contributed by atoms with Crippen LogP contribution in [-0.2, 0) is 19.1 Å². The summed E-state index contributed by atoms with van der Waals surface area (Å²) in [7, 11) is 0. The van der Waals surface area contributed by atoms with E-state index in [1.165, 1.54) is 18.7 Å². The molecule has 0 unspecified atom stereocenters. The largest absolute Gasteiger partial charge is 0.452 e. The summed E-state index contributed by atoms with van der Waals surface area (Å²) in [6.45, 7) is 5.53. The Morgan fingerprint density at radius 2 is 2.07 bits per heavy atom. The summed E-state index contributed by atoms with van der Waals surface area (Å²) in [4.78, 5) is 37.8. The molecule has 0 aliphatic carbocycles. The highest BCUT2D eigenvalue weighted by Crippen LogP contribution is 2.36. The summed E-state index contributed by atoms with van der Waals surface area (Å²) >= 11 is 1.32. The molecule has 1 aliphatic heterocycles. The summed E-state index contributed by atoms with van der Waals surface area (Å²) in [5.41, 5.74) is 0.734. The topological polar surface area (TPSA) is 102 Å². The number of amides is 2. The molecule has 2 heterocycles. The van der Waals surface area contributed by atoms with Gasteiger partial charge < -0.3 is 15.4 Å². The van der Waals surface area contributed by atoms with Crippen LogP contribution in [0.4, 0.5) is 11.5 Å². The van der Waals surface area contributed by atoms with Crippen molar-refractivity contribution in [2.45, 2.75) is 55.9 Å². The molecule has 3 atom stereocenters. The van der Waals surface area contributed by atoms with Gasteiger partial charge in [0.2, 0.25) is 5.91 Å². The van der Waals surface area contributed by atoms with Crippen LogP contribution in [0.5, 0.6) is 0 Å². The third-order valence-electron chi connectivity index (χ3n) is 4.67. The van der Waals surface area contributed by atoms with Crippen LogP contribution in [0.1, 0.15) is 39.7 Å². The molecular weight excluding hydrogens is 392 g/mol. The third kappa shape index (κ3) is 4.97. The van der Waals surface area contributed by atoms with E-state index < -0.39 is 23.2 Å². The lowest BCUT2D eigenvalue weighted by Crippen LogP contribution is -2.35. The molecule has 1 aromatic carbocycles. The van der Waals surface area contributed by atoms with E-state index in [1.807, 2.05) is 38.1 Å². The maximum absolute atomic E-state index is 12.4. The summed E-state index contributed by atoms with van der Waals surface area (Å²) < 4.78 is 6.97. The van der Waals surface area contributed by atoms with Crippen molar-refractivity contribution >= 4 is 41.1 Å². The van der Waals surface area contributed by atoms with Crippen LogP contribution in [0.3, 0.4) is 0 Å². The summed E-state index contributed by atoms with van der Waals surface area (Å²) in [5, 5.41) is 9.14. The van der Waals surface area contributed by atoms with E-state index in [-0.39, 0.29) is 18.4 Å². The van der Waals surface area contributed by atoms with Gasteiger partial charge in [0.25, 0.3) is 5.91 Å². The second-order valence-electron chi connectivity index (χ2n) is 6.84. The van der Waals surface area contributed by atoms with Crippen LogP contribution in [0, 0.1) is 0 Å². The van der Waals surface area contributed by atoms with Crippen molar-refractivity contribution in [2.75, 3.05) is 10.6 Å². The number of hydrogen-bond donors (Lipinski definition) is 2. The van der Waals surface area contributed by atoms with E-state index in [0.29, 0.717) is 5.82 Å². The highest BCUT2D eigenvalue weighted by molar-refractivity contribution is 8.01. The van der Waals surface area contributed by atoms with Crippen molar-refractivity contribution in [3.63, 3.8) is 0 Å². The molecule has 0 spiro atoms. The average Bonchev–Trinajstić information content (AvgIpc) is 3.15. The predicted molar refractivity (Wildman–Crippen MR) is 111 cm³/mol. The number of carbonyl (C=O) groups excluding carboxylic acids is 3. The van der Waals surface area contributed by atoms with Crippen LogP contribution in [0.2, 0.25) is 0 Å². The summed E-state index contributed by atoms with van der Waals surface area (Å²) in [6.07, 6.45) is 1.36. The minimum absolute atomic E-state index is 0.118. The van der Waals surface area contributed by atoms with Gasteiger partial charge in [-0.2, -0.15) is 5.10 Å². The van der Waals surface area contributed by atoms with E-state index in [4.69, 9.17) is 4.74 Å². The fourth-order valence-electron chi connectivity index (χ4n) is 2.84. The molecule has 0 bridgehead atoms. The predicted octanol–water partition coefficient (Wildman–Crippen LogP) is 3.23. The van der Waals surface area contributed by atoms with Crippen LogP contribution < -0.4 is 10.6 Å². The molecule has 2 N–H and O–H groups in total. The molecule has 0 saturated heterocycles. The fraction of sp³-hybridized carbons (Fsp3) is 0.400. The van der Waals surface area contributed by atoms with Crippen molar-refractivity contribution in [3.05, 3.63) is 36.5 Å². The number of fused-ring (bicyclic) bond motifs is 1. The Kier molecular flexibility index (Phi) is 6.58. The van der Waals surface area contributed by atoms with E-state index in [2.05, 4.69) is 15.7 Å². The van der Waals surface area contributed by atoms with Crippen molar-refractivity contribution in [1.82, 2.24) is 9.78 Å². The van der Waals surface area contributed by atoms with Crippen molar-refractivity contribution in [2.24, 2.45) is 0 Å². The maximum Gasteiger partial charge on any atom is 0.308 e. The first-order chi connectivity index (χ1) is 13.9. The standard InChI is InChI=1S/C20H24N4O4S/c1-4-12(2)24-17(9-10-21-24)23-19(26)13(3)28-18(25)11-16-20(27)22-14-7-5-6-8-15(14)29-16/h5-10,12-13,16H,4,11H2,1-3H3,(H,22,27)(H,23,26)/t12-,13+,16+/m0/s1. The first-order valence-electron chi connectivity index (χ1n) is 9.49. The fourth-order valence-corrected chi connectivity index (χ4v) is 3.94. The van der Waals surface area contributed by atoms with Gasteiger partial charge in [-0.25, -0.2) is 4.68 Å². The molecular formula is C20H24N4O4S. The lowest BCUT2D eigenvalue weighted by molar-refractivity contribution is -0.153. The van der Waals surface area contributed by atoms with Gasteiger partial charge in [-0.1, -0.05) is 19.1 Å². The van der Waals surface area contributed by atoms with E-state index in [0.717, 1.165) is 17.0 Å². The second kappa shape index (κ2) is 9.13. The van der Waals surface area contributed by atoms with Crippen LogP contribution in [-0.4, -0.2) is 38.9 Å². The monoisotopic (exact) mass is 416 g/mol. The molecule has 0 fully saturated rings. The zero-order chi connectivity index (χ0) is 21.0. The average molecular weight is 417 g/mol. The molecule has 29 heavy (non-hydrogen) atoms. The lowest BCUT2D eigenvalue weighted by atomic mass is 10.2. The Morgan fingerprint density at radius 1 is 1.31 bits per heavy atom. The highest BCUT2D eigenvalue weighted by atomic mass is 32.2. The number of carbonyl (C=O) groups is 3. The quantitative estimate of drug-likeness (QED) is 0.672. The molecule has 8 nitrogen and oxygen atoms in total. The van der Waals surface area contributed by atoms with Gasteiger partial charge in [0, 0.05) is 11.0 Å². The first kappa shape index (κ1) is 20.9. The second-order valence-corrected chi connectivity index (χ2v) is 8.08. The number of nitrogens with one attached hydrogen (secondary N) is 2.